The average Bonchev–Trinajstić information content (AvgIpc) is 4.56. The van der Waals surface area contributed by atoms with Crippen molar-refractivity contribution in [2.75, 3.05) is 52.9 Å². The quantitative estimate of drug-likeness (QED) is 0.167. The van der Waals surface area contributed by atoms with Crippen LogP contribution in [0.15, 0.2) is 0 Å². The monoisotopic (exact) mass is 1160 g/mol. The van der Waals surface area contributed by atoms with E-state index in [1.54, 1.807) is 0 Å². The van der Waals surface area contributed by atoms with Crippen LogP contribution in [-0.4, -0.2) is 121 Å². The lowest BCUT2D eigenvalue weighted by molar-refractivity contribution is -0.147. The van der Waals surface area contributed by atoms with E-state index in [0.717, 1.165) is 128 Å². The Morgan fingerprint density at radius 2 is 0.925 bits per heavy atom. The molecule has 16 fully saturated rings. The van der Waals surface area contributed by atoms with Gasteiger partial charge in [0.1, 0.15) is 18.3 Å². The summed E-state index contributed by atoms with van der Waals surface area (Å²) in [6.45, 7) is 40.1. The van der Waals surface area contributed by atoms with Crippen molar-refractivity contribution in [1.29, 1.82) is 0 Å². The summed E-state index contributed by atoms with van der Waals surface area (Å²) in [5.74, 6) is 5.35. The van der Waals surface area contributed by atoms with Gasteiger partial charge in [-0.05, 0) is 158 Å². The maximum atomic E-state index is 11.3. The second kappa shape index (κ2) is 45.9. The predicted octanol–water partition coefficient (Wildman–Crippen LogP) is 16.1. The molecule has 10 bridgehead atoms. The Bertz CT molecular complexity index is 1530. The Morgan fingerprint density at radius 1 is 0.388 bits per heavy atom. The number of carbonyl (C=O) groups is 2. The second-order valence-corrected chi connectivity index (χ2v) is 23.4. The predicted molar refractivity (Wildman–Crippen MR) is 327 cm³/mol. The smallest absolute Gasteiger partial charge is 0.312 e. The van der Waals surface area contributed by atoms with Crippen LogP contribution < -0.4 is 0 Å². The zero-order chi connectivity index (χ0) is 59.9. The van der Waals surface area contributed by atoms with Crippen LogP contribution in [0.3, 0.4) is 0 Å². The second-order valence-electron chi connectivity index (χ2n) is 21.6. The van der Waals surface area contributed by atoms with Gasteiger partial charge in [0.2, 0.25) is 0 Å². The summed E-state index contributed by atoms with van der Waals surface area (Å²) in [6, 6.07) is 0. The minimum absolute atomic E-state index is 0.0324. The maximum Gasteiger partial charge on any atom is 0.312 e. The van der Waals surface area contributed by atoms with E-state index in [9.17, 15) is 18.0 Å². The summed E-state index contributed by atoms with van der Waals surface area (Å²) >= 11 is 0. The van der Waals surface area contributed by atoms with Crippen LogP contribution in [0.2, 0.25) is 0 Å². The first kappa shape index (κ1) is 76.6. The van der Waals surface area contributed by atoms with E-state index in [-0.39, 0.29) is 47.3 Å². The van der Waals surface area contributed by atoms with Crippen LogP contribution in [-0.2, 0) is 61.8 Å². The number of rotatable bonds is 0. The van der Waals surface area contributed by atoms with Crippen LogP contribution in [0.4, 0.5) is 0 Å². The van der Waals surface area contributed by atoms with Crippen molar-refractivity contribution >= 4 is 22.1 Å². The minimum atomic E-state index is -3.13. The Labute approximate surface area is 493 Å². The molecule has 0 aromatic heterocycles. The molecule has 6 saturated carbocycles. The third-order valence-corrected chi connectivity index (χ3v) is 18.8. The lowest BCUT2D eigenvalue weighted by Gasteiger charge is -2.14. The van der Waals surface area contributed by atoms with Crippen LogP contribution in [0.5, 0.6) is 0 Å². The van der Waals surface area contributed by atoms with Gasteiger partial charge in [-0.3, -0.25) is 13.8 Å². The topological polar surface area (TPSA) is 151 Å². The molecule has 0 aromatic carbocycles. The average molecular weight is 1160 g/mol. The maximum absolute atomic E-state index is 11.3. The Morgan fingerprint density at radius 3 is 1.30 bits per heavy atom. The summed E-state index contributed by atoms with van der Waals surface area (Å²) in [4.78, 5) is 21.6. The van der Waals surface area contributed by atoms with Gasteiger partial charge in [-0.15, -0.1) is 0 Å². The highest BCUT2D eigenvalue weighted by Crippen LogP contribution is 2.55. The molecule has 0 amide bonds. The fourth-order valence-corrected chi connectivity index (χ4v) is 15.6. The molecule has 80 heavy (non-hydrogen) atoms. The first-order valence-electron chi connectivity index (χ1n) is 34.2. The molecular formula is C66H128O13S. The van der Waals surface area contributed by atoms with Gasteiger partial charge in [-0.25, -0.2) is 0 Å². The third-order valence-electron chi connectivity index (χ3n) is 17.0. The molecule has 16 atom stereocenters. The van der Waals surface area contributed by atoms with Crippen molar-refractivity contribution in [2.24, 2.45) is 47.3 Å². The SMILES string of the molecule is C1CC2COC(C1)C2.C1CCCOCC1.C1CCOC1.C1CCOCC1.C1OC2CC3CC1C2C3.CC.CC.CC.CC.CC.CC.CC.CC.O=C1OC2CC3CC1C2O3.O=C1OC2CCC1C2.O=S1(=O)OC2CC3CC2C1C3. The van der Waals surface area contributed by atoms with Crippen LogP contribution >= 0.6 is 0 Å². The molecule has 10 heterocycles. The van der Waals surface area contributed by atoms with E-state index in [1.807, 2.05) is 111 Å². The zero-order valence-electron chi connectivity index (χ0n) is 54.6. The summed E-state index contributed by atoms with van der Waals surface area (Å²) in [6.07, 6.45) is 31.9. The molecule has 0 spiro atoms. The van der Waals surface area contributed by atoms with Gasteiger partial charge in [0.15, 0.2) is 0 Å². The van der Waals surface area contributed by atoms with Crippen molar-refractivity contribution in [3.8, 4) is 0 Å². The zero-order valence-corrected chi connectivity index (χ0v) is 55.4. The van der Waals surface area contributed by atoms with Gasteiger partial charge in [0.25, 0.3) is 10.1 Å². The molecule has 476 valence electrons. The van der Waals surface area contributed by atoms with Gasteiger partial charge >= 0.3 is 11.9 Å². The Hall–Kier alpha value is -1.39. The summed E-state index contributed by atoms with van der Waals surface area (Å²) in [5, 5.41) is -0.133. The van der Waals surface area contributed by atoms with E-state index in [2.05, 4.69) is 0 Å². The van der Waals surface area contributed by atoms with Gasteiger partial charge in [0.05, 0.1) is 48.1 Å². The van der Waals surface area contributed by atoms with Crippen molar-refractivity contribution in [3.63, 3.8) is 0 Å². The van der Waals surface area contributed by atoms with Gasteiger partial charge in [0, 0.05) is 58.6 Å². The van der Waals surface area contributed by atoms with E-state index < -0.39 is 10.1 Å². The summed E-state index contributed by atoms with van der Waals surface area (Å²) in [5.41, 5.74) is 0. The standard InChI is InChI=1S/C8H12O.C7H10O3S.C7H8O3.C7H12O.C6H8O2.C6H12O.C5H10O.C4H8O.8C2H6/c1-5-2-7-6(1)4-9-8(7)3-5;8-11(9)7-3-4-1-5(7)6(2-4)10-11;8-7-4-1-3-2-5(10-7)6(4)9-3;1-2-6-4-7(3-1)8-5-6;7-6-4-1-2-5(3-4)8-6;1-2-4-6-7-5-3-1;1-2-4-6-5-3-1;1-2-4-5-3-1;8*1-2/h5-8H,1-4H2;4-7H,1-3H2;3-6H,1-2H2;6-7H,1-5H2;4-5H,1-3H2;1-6H2;1-5H2;1-4H2;8*1-2H3. The van der Waals surface area contributed by atoms with Crippen LogP contribution in [0, 0.1) is 47.3 Å². The number of esters is 2. The minimum Gasteiger partial charge on any atom is -0.462 e. The lowest BCUT2D eigenvalue weighted by Crippen LogP contribution is -2.22. The largest absolute Gasteiger partial charge is 0.462 e. The fourth-order valence-electron chi connectivity index (χ4n) is 13.6. The summed E-state index contributed by atoms with van der Waals surface area (Å²) < 4.78 is 69.3. The van der Waals surface area contributed by atoms with Crippen LogP contribution in [0.1, 0.15) is 265 Å². The first-order chi connectivity index (χ1) is 39.3. The molecule has 10 aliphatic heterocycles. The third kappa shape index (κ3) is 24.9. The molecule has 13 nitrogen and oxygen atoms in total. The molecule has 0 aromatic rings. The number of hydrogen-bond acceptors (Lipinski definition) is 13. The van der Waals surface area contributed by atoms with Gasteiger partial charge < -0.3 is 37.9 Å². The molecule has 0 N–H and O–H groups in total. The molecule has 14 heteroatoms. The lowest BCUT2D eigenvalue weighted by atomic mass is 9.90. The van der Waals surface area contributed by atoms with E-state index >= 15 is 0 Å². The Kier molecular flexibility index (Phi) is 44.0. The molecular weight excluding hydrogens is 1030 g/mol. The summed E-state index contributed by atoms with van der Waals surface area (Å²) in [7, 11) is -3.13. The van der Waals surface area contributed by atoms with Crippen molar-refractivity contribution in [2.45, 2.75) is 313 Å². The number of fused-ring (bicyclic) bond motifs is 7. The van der Waals surface area contributed by atoms with Crippen LogP contribution in [0.25, 0.3) is 0 Å². The van der Waals surface area contributed by atoms with Gasteiger partial charge in [-0.2, -0.15) is 8.42 Å². The van der Waals surface area contributed by atoms with Crippen molar-refractivity contribution in [1.82, 2.24) is 0 Å². The van der Waals surface area contributed by atoms with E-state index in [0.29, 0.717) is 36.3 Å². The van der Waals surface area contributed by atoms with E-state index in [1.165, 1.54) is 103 Å². The first-order valence-corrected chi connectivity index (χ1v) is 35.7. The molecule has 16 aliphatic rings. The van der Waals surface area contributed by atoms with Gasteiger partial charge in [-0.1, -0.05) is 130 Å². The van der Waals surface area contributed by atoms with Crippen molar-refractivity contribution < 1.29 is 60.1 Å². The molecule has 16 unspecified atom stereocenters. The number of hydrogen-bond donors (Lipinski definition) is 0. The molecule has 0 radical (unpaired) electrons. The van der Waals surface area contributed by atoms with Crippen molar-refractivity contribution in [3.05, 3.63) is 0 Å². The fraction of sp³-hybridized carbons (Fsp3) is 0.970. The highest BCUT2D eigenvalue weighted by molar-refractivity contribution is 7.87. The molecule has 6 aliphatic carbocycles. The molecule has 10 saturated heterocycles. The highest BCUT2D eigenvalue weighted by Gasteiger charge is 2.59. The number of ether oxygens (including phenoxy) is 8. The highest BCUT2D eigenvalue weighted by atomic mass is 32.2. The Balaban J connectivity index is 0.000000444. The van der Waals surface area contributed by atoms with E-state index in [4.69, 9.17) is 42.1 Å². The molecule has 16 rings (SSSR count). The number of carbonyl (C=O) groups excluding carboxylic acids is 2. The normalized spacial score (nSPS) is 36.5.